The Bertz CT molecular complexity index is 1600. The second-order valence-electron chi connectivity index (χ2n) is 12.3. The van der Waals surface area contributed by atoms with E-state index in [4.69, 9.17) is 11.5 Å². The molecule has 1 aliphatic carbocycles. The summed E-state index contributed by atoms with van der Waals surface area (Å²) in [4.78, 5) is 42.8. The number of carbonyl (C=O) groups is 2. The number of tetrazole rings is 1. The van der Waals surface area contributed by atoms with Crippen molar-refractivity contribution in [3.8, 4) is 22.5 Å². The molecule has 1 saturated carbocycles. The second-order valence-corrected chi connectivity index (χ2v) is 12.3. The predicted molar refractivity (Wildman–Crippen MR) is 183 cm³/mol. The van der Waals surface area contributed by atoms with Gasteiger partial charge in [-0.2, -0.15) is 5.21 Å². The molecule has 2 aromatic heterocycles. The predicted octanol–water partition coefficient (Wildman–Crippen LogP) is 2.69. The molecular weight excluding hydrogens is 618 g/mol. The molecule has 0 unspecified atom stereocenters. The molecule has 2 fully saturated rings. The van der Waals surface area contributed by atoms with E-state index in [2.05, 4.69) is 47.4 Å². The van der Waals surface area contributed by atoms with Crippen LogP contribution in [0.1, 0.15) is 31.2 Å². The van der Waals surface area contributed by atoms with Crippen molar-refractivity contribution in [2.24, 2.45) is 23.3 Å². The number of likely N-dealkylation sites (N-methyl/N-ethyl adjacent to an activating group) is 1. The molecule has 3 heterocycles. The Morgan fingerprint density at radius 1 is 0.957 bits per heavy atom. The van der Waals surface area contributed by atoms with Crippen molar-refractivity contribution in [1.29, 1.82) is 0 Å². The zero-order chi connectivity index (χ0) is 32.0. The van der Waals surface area contributed by atoms with Crippen molar-refractivity contribution in [3.05, 3.63) is 66.5 Å². The van der Waals surface area contributed by atoms with E-state index in [1.165, 1.54) is 0 Å². The first-order valence-corrected chi connectivity index (χ1v) is 15.9. The summed E-state index contributed by atoms with van der Waals surface area (Å²) >= 11 is 0. The molecule has 2 amide bonds. The maximum absolute atomic E-state index is 14.2. The summed E-state index contributed by atoms with van der Waals surface area (Å²) in [5.74, 6) is 0.687. The average Bonchev–Trinajstić information content (AvgIpc) is 3.64. The number of H-pyrrole nitrogens is 1. The number of hydrogen-bond donors (Lipinski definition) is 3. The van der Waals surface area contributed by atoms with Gasteiger partial charge >= 0.3 is 0 Å². The Hall–Kier alpha value is -4.46. The van der Waals surface area contributed by atoms with Crippen LogP contribution in [0.25, 0.3) is 22.5 Å². The quantitative estimate of drug-likeness (QED) is 0.229. The number of hydrogen-bond acceptors (Lipinski definition) is 10. The van der Waals surface area contributed by atoms with Gasteiger partial charge < -0.3 is 21.3 Å². The Morgan fingerprint density at radius 3 is 2.28 bits per heavy atom. The minimum Gasteiger partial charge on any atom is -0.368 e. The van der Waals surface area contributed by atoms with Gasteiger partial charge in [0, 0.05) is 67.7 Å². The monoisotopic (exact) mass is 659 g/mol. The lowest BCUT2D eigenvalue weighted by Gasteiger charge is -2.35. The molecule has 1 saturated heterocycles. The number of nitrogens with one attached hydrogen (secondary N) is 1. The Balaban J connectivity index is 0.00000433. The van der Waals surface area contributed by atoms with Crippen LogP contribution in [-0.4, -0.2) is 93.1 Å². The van der Waals surface area contributed by atoms with Crippen molar-refractivity contribution in [1.82, 2.24) is 35.5 Å². The highest BCUT2D eigenvalue weighted by Gasteiger charge is 2.36. The highest BCUT2D eigenvalue weighted by Crippen LogP contribution is 2.33. The first-order chi connectivity index (χ1) is 22.4. The van der Waals surface area contributed by atoms with Crippen molar-refractivity contribution in [3.63, 3.8) is 0 Å². The normalized spacial score (nSPS) is 19.1. The number of nitrogens with zero attached hydrogens (tertiary/aromatic N) is 8. The van der Waals surface area contributed by atoms with E-state index in [0.717, 1.165) is 80.1 Å². The van der Waals surface area contributed by atoms with Crippen LogP contribution in [0.3, 0.4) is 0 Å². The number of nitrogens with two attached hydrogens (primary N) is 2. The lowest BCUT2D eigenvalue weighted by molar-refractivity contribution is -0.127. The molecule has 47 heavy (non-hydrogen) atoms. The first kappa shape index (κ1) is 33.9. The lowest BCUT2D eigenvalue weighted by Crippen LogP contribution is -2.52. The molecule has 4 aromatic rings. The first-order valence-electron chi connectivity index (χ1n) is 15.9. The molecular formula is C33H42ClN11O2. The lowest BCUT2D eigenvalue weighted by atomic mass is 9.81. The van der Waals surface area contributed by atoms with Gasteiger partial charge in [-0.25, -0.2) is 9.97 Å². The van der Waals surface area contributed by atoms with E-state index in [0.29, 0.717) is 24.0 Å². The number of amides is 2. The van der Waals surface area contributed by atoms with Crippen molar-refractivity contribution in [2.45, 2.75) is 38.1 Å². The van der Waals surface area contributed by atoms with Gasteiger partial charge in [-0.1, -0.05) is 24.3 Å². The number of primary amides is 1. The standard InChI is InChI=1S/C33H41N11O2.ClH/c1-42-13-15-43(16-14-42)33-36-20-27(21-37-33)26-4-2-3-23(17-26)18-29(30(35)45)44(32(46)25-7-5-22(19-34)6-8-25)28-11-9-24(10-12-28)31-38-40-41-39-31;/h2-4,9-12,17,20-22,25,29H,5-8,13-16,18-19,34H2,1H3,(H2,35,45)(H,38,39,40,41);1H/t22?,25?,29-;/m0./s1. The maximum Gasteiger partial charge on any atom is 0.240 e. The number of aromatic amines is 1. The number of carbonyl (C=O) groups excluding carboxylic acids is 2. The van der Waals surface area contributed by atoms with Crippen LogP contribution in [-0.2, 0) is 16.0 Å². The Labute approximate surface area is 280 Å². The van der Waals surface area contributed by atoms with Gasteiger partial charge in [-0.05, 0) is 85.8 Å². The third-order valence-corrected chi connectivity index (χ3v) is 9.27. The SMILES string of the molecule is CN1CCN(c2ncc(-c3cccc(C[C@@H](C(N)=O)N(C(=O)C4CCC(CN)CC4)c4ccc(-c5nn[nH]n5)cc4)c3)cn2)CC1.Cl. The number of aromatic nitrogens is 6. The molecule has 2 aliphatic rings. The smallest absolute Gasteiger partial charge is 0.240 e. The molecule has 6 rings (SSSR count). The summed E-state index contributed by atoms with van der Waals surface area (Å²) in [7, 11) is 2.12. The minimum atomic E-state index is -0.901. The Morgan fingerprint density at radius 2 is 1.66 bits per heavy atom. The summed E-state index contributed by atoms with van der Waals surface area (Å²) in [6.45, 7) is 4.36. The van der Waals surface area contributed by atoms with Crippen LogP contribution >= 0.6 is 12.4 Å². The summed E-state index contributed by atoms with van der Waals surface area (Å²) in [6.07, 6.45) is 7.15. The molecule has 2 aromatic carbocycles. The fourth-order valence-corrected chi connectivity index (χ4v) is 6.42. The van der Waals surface area contributed by atoms with E-state index in [-0.39, 0.29) is 30.7 Å². The number of anilines is 2. The molecule has 0 bridgehead atoms. The highest BCUT2D eigenvalue weighted by molar-refractivity contribution is 6.01. The highest BCUT2D eigenvalue weighted by atomic mass is 35.5. The van der Waals surface area contributed by atoms with E-state index >= 15 is 0 Å². The van der Waals surface area contributed by atoms with Gasteiger partial charge in [0.25, 0.3) is 0 Å². The number of piperazine rings is 1. The topological polar surface area (TPSA) is 176 Å². The number of benzene rings is 2. The molecule has 14 heteroatoms. The summed E-state index contributed by atoms with van der Waals surface area (Å²) in [5.41, 5.74) is 16.0. The second kappa shape index (κ2) is 15.4. The van der Waals surface area contributed by atoms with Crippen LogP contribution in [0.5, 0.6) is 0 Å². The van der Waals surface area contributed by atoms with Gasteiger partial charge in [0.15, 0.2) is 0 Å². The molecule has 13 nitrogen and oxygen atoms in total. The largest absolute Gasteiger partial charge is 0.368 e. The fourth-order valence-electron chi connectivity index (χ4n) is 6.42. The molecule has 1 aliphatic heterocycles. The van der Waals surface area contributed by atoms with Gasteiger partial charge in [-0.15, -0.1) is 22.6 Å². The van der Waals surface area contributed by atoms with E-state index in [9.17, 15) is 9.59 Å². The van der Waals surface area contributed by atoms with Gasteiger partial charge in [0.2, 0.25) is 23.6 Å². The molecule has 1 atom stereocenters. The third kappa shape index (κ3) is 7.92. The van der Waals surface area contributed by atoms with Crippen LogP contribution < -0.4 is 21.3 Å². The van der Waals surface area contributed by atoms with Crippen LogP contribution in [0.2, 0.25) is 0 Å². The van der Waals surface area contributed by atoms with Crippen molar-refractivity contribution < 1.29 is 9.59 Å². The average molecular weight is 660 g/mol. The van der Waals surface area contributed by atoms with E-state index in [1.54, 1.807) is 17.0 Å². The summed E-state index contributed by atoms with van der Waals surface area (Å²) in [5, 5.41) is 14.2. The number of rotatable bonds is 10. The third-order valence-electron chi connectivity index (χ3n) is 9.27. The fraction of sp³-hybridized carbons (Fsp3) is 0.424. The molecule has 5 N–H and O–H groups in total. The summed E-state index contributed by atoms with van der Waals surface area (Å²) in [6, 6.07) is 14.2. The molecule has 0 spiro atoms. The van der Waals surface area contributed by atoms with Crippen LogP contribution in [0.4, 0.5) is 11.6 Å². The molecule has 0 radical (unpaired) electrons. The van der Waals surface area contributed by atoms with Gasteiger partial charge in [-0.3, -0.25) is 14.5 Å². The number of halogens is 1. The van der Waals surface area contributed by atoms with Gasteiger partial charge in [0.1, 0.15) is 6.04 Å². The Kier molecular flexibility index (Phi) is 11.1. The molecule has 248 valence electrons. The summed E-state index contributed by atoms with van der Waals surface area (Å²) < 4.78 is 0. The zero-order valence-corrected chi connectivity index (χ0v) is 27.4. The minimum absolute atomic E-state index is 0. The van der Waals surface area contributed by atoms with Crippen molar-refractivity contribution in [2.75, 3.05) is 49.6 Å². The van der Waals surface area contributed by atoms with Crippen LogP contribution in [0, 0.1) is 11.8 Å². The zero-order valence-electron chi connectivity index (χ0n) is 26.5. The maximum atomic E-state index is 14.2. The van der Waals surface area contributed by atoms with E-state index < -0.39 is 11.9 Å². The van der Waals surface area contributed by atoms with E-state index in [1.807, 2.05) is 48.8 Å². The van der Waals surface area contributed by atoms with Crippen molar-refractivity contribution >= 4 is 35.9 Å². The van der Waals surface area contributed by atoms with Gasteiger partial charge in [0.05, 0.1) is 0 Å². The van der Waals surface area contributed by atoms with Crippen LogP contribution in [0.15, 0.2) is 60.9 Å².